The Kier molecular flexibility index (Phi) is 5.92. The summed E-state index contributed by atoms with van der Waals surface area (Å²) in [7, 11) is 1.78. The molecule has 0 bridgehead atoms. The van der Waals surface area contributed by atoms with Crippen LogP contribution >= 0.6 is 24.0 Å². The van der Waals surface area contributed by atoms with Gasteiger partial charge in [-0.15, -0.1) is 24.0 Å². The molecule has 112 valence electrons. The lowest BCUT2D eigenvalue weighted by atomic mass is 9.65. The van der Waals surface area contributed by atoms with Crippen LogP contribution in [0.15, 0.2) is 4.99 Å². The minimum absolute atomic E-state index is 0. The highest BCUT2D eigenvalue weighted by atomic mass is 127. The van der Waals surface area contributed by atoms with Crippen molar-refractivity contribution in [3.05, 3.63) is 0 Å². The van der Waals surface area contributed by atoms with E-state index in [9.17, 15) is 0 Å². The van der Waals surface area contributed by atoms with E-state index in [1.165, 1.54) is 12.8 Å². The van der Waals surface area contributed by atoms with Crippen LogP contribution in [0.3, 0.4) is 0 Å². The molecule has 0 aromatic carbocycles. The lowest BCUT2D eigenvalue weighted by molar-refractivity contribution is -0.0853. The number of nitrogens with zero attached hydrogens (tertiary/aromatic N) is 2. The van der Waals surface area contributed by atoms with Gasteiger partial charge in [-0.05, 0) is 25.2 Å². The molecule has 0 aromatic heterocycles. The highest BCUT2D eigenvalue weighted by Crippen LogP contribution is 2.44. The third kappa shape index (κ3) is 3.54. The molecule has 19 heavy (non-hydrogen) atoms. The smallest absolute Gasteiger partial charge is 0.191 e. The molecule has 2 N–H and O–H groups in total. The van der Waals surface area contributed by atoms with E-state index in [-0.39, 0.29) is 29.4 Å². The van der Waals surface area contributed by atoms with Crippen molar-refractivity contribution < 1.29 is 4.74 Å². The SMILES string of the molecule is COC1CC(N=C(N)N2CCCC(C)C2)C1(C)C.I. The molecular weight excluding hydrogens is 353 g/mol. The predicted octanol–water partition coefficient (Wildman–Crippen LogP) is 2.46. The van der Waals surface area contributed by atoms with Gasteiger partial charge in [-0.25, -0.2) is 4.99 Å². The summed E-state index contributed by atoms with van der Waals surface area (Å²) in [6, 6.07) is 0.305. The van der Waals surface area contributed by atoms with Gasteiger partial charge in [0, 0.05) is 25.6 Å². The van der Waals surface area contributed by atoms with Gasteiger partial charge >= 0.3 is 0 Å². The number of ether oxygens (including phenoxy) is 1. The van der Waals surface area contributed by atoms with Crippen molar-refractivity contribution in [1.82, 2.24) is 4.90 Å². The number of nitrogens with two attached hydrogens (primary N) is 1. The lowest BCUT2D eigenvalue weighted by Crippen LogP contribution is -2.55. The van der Waals surface area contributed by atoms with Gasteiger partial charge < -0.3 is 15.4 Å². The van der Waals surface area contributed by atoms with Crippen LogP contribution in [0, 0.1) is 11.3 Å². The number of likely N-dealkylation sites (tertiary alicyclic amines) is 1. The van der Waals surface area contributed by atoms with Crippen molar-refractivity contribution in [2.24, 2.45) is 22.1 Å². The first-order chi connectivity index (χ1) is 8.45. The standard InChI is InChI=1S/C14H27N3O.HI/c1-10-6-5-7-17(9-10)13(15)16-11-8-12(18-4)14(11,2)3;/h10-12H,5-9H2,1-4H3,(H2,15,16);1H. The van der Waals surface area contributed by atoms with Crippen molar-refractivity contribution >= 4 is 29.9 Å². The molecule has 4 nitrogen and oxygen atoms in total. The molecule has 2 rings (SSSR count). The Morgan fingerprint density at radius 3 is 2.63 bits per heavy atom. The van der Waals surface area contributed by atoms with E-state index in [2.05, 4.69) is 25.7 Å². The normalized spacial score (nSPS) is 34.4. The van der Waals surface area contributed by atoms with Crippen molar-refractivity contribution in [3.63, 3.8) is 0 Å². The topological polar surface area (TPSA) is 50.9 Å². The van der Waals surface area contributed by atoms with E-state index in [0.29, 0.717) is 12.1 Å². The quantitative estimate of drug-likeness (QED) is 0.454. The third-order valence-electron chi connectivity index (χ3n) is 4.68. The Morgan fingerprint density at radius 2 is 2.11 bits per heavy atom. The molecular formula is C14H28IN3O. The average molecular weight is 381 g/mol. The number of hydrogen-bond donors (Lipinski definition) is 1. The van der Waals surface area contributed by atoms with Gasteiger partial charge in [0.15, 0.2) is 5.96 Å². The Hall–Kier alpha value is -0.0400. The largest absolute Gasteiger partial charge is 0.381 e. The third-order valence-corrected chi connectivity index (χ3v) is 4.68. The van der Waals surface area contributed by atoms with Gasteiger partial charge in [-0.2, -0.15) is 0 Å². The van der Waals surface area contributed by atoms with Gasteiger partial charge in [0.2, 0.25) is 0 Å². The summed E-state index contributed by atoms with van der Waals surface area (Å²) in [5, 5.41) is 0. The molecule has 1 saturated heterocycles. The van der Waals surface area contributed by atoms with E-state index >= 15 is 0 Å². The Bertz CT molecular complexity index is 333. The number of halogens is 1. The Balaban J connectivity index is 0.00000180. The van der Waals surface area contributed by atoms with E-state index in [1.54, 1.807) is 7.11 Å². The fraction of sp³-hybridized carbons (Fsp3) is 0.929. The maximum absolute atomic E-state index is 6.16. The van der Waals surface area contributed by atoms with Crippen LogP contribution < -0.4 is 5.73 Å². The van der Waals surface area contributed by atoms with Crippen molar-refractivity contribution in [2.45, 2.75) is 52.2 Å². The molecule has 5 heteroatoms. The molecule has 0 amide bonds. The molecule has 0 aromatic rings. The molecule has 0 radical (unpaired) electrons. The second kappa shape index (κ2) is 6.61. The summed E-state index contributed by atoms with van der Waals surface area (Å²) in [5.74, 6) is 1.46. The highest BCUT2D eigenvalue weighted by molar-refractivity contribution is 14.0. The molecule has 0 spiro atoms. The fourth-order valence-electron chi connectivity index (χ4n) is 3.12. The molecule has 1 heterocycles. The second-order valence-electron chi connectivity index (χ2n) is 6.48. The zero-order valence-corrected chi connectivity index (χ0v) is 14.9. The minimum atomic E-state index is 0. The predicted molar refractivity (Wildman–Crippen MR) is 90.0 cm³/mol. The maximum atomic E-state index is 6.16. The summed E-state index contributed by atoms with van der Waals surface area (Å²) in [6.07, 6.45) is 3.85. The molecule has 1 saturated carbocycles. The number of aliphatic imine (C=N–C) groups is 1. The zero-order chi connectivity index (χ0) is 13.3. The number of rotatable bonds is 2. The number of methoxy groups -OCH3 is 1. The molecule has 2 fully saturated rings. The van der Waals surface area contributed by atoms with Crippen LogP contribution in [0.25, 0.3) is 0 Å². The second-order valence-corrected chi connectivity index (χ2v) is 6.48. The first-order valence-corrected chi connectivity index (χ1v) is 7.06. The van der Waals surface area contributed by atoms with Crippen LogP contribution in [0.1, 0.15) is 40.0 Å². The van der Waals surface area contributed by atoms with Gasteiger partial charge in [-0.3, -0.25) is 0 Å². The first-order valence-electron chi connectivity index (χ1n) is 7.06. The number of hydrogen-bond acceptors (Lipinski definition) is 2. The highest BCUT2D eigenvalue weighted by Gasteiger charge is 2.49. The summed E-state index contributed by atoms with van der Waals surface area (Å²) in [4.78, 5) is 6.97. The fourth-order valence-corrected chi connectivity index (χ4v) is 3.12. The molecule has 3 unspecified atom stereocenters. The Labute approximate surface area is 134 Å². The van der Waals surface area contributed by atoms with E-state index in [4.69, 9.17) is 15.5 Å². The Morgan fingerprint density at radius 1 is 1.42 bits per heavy atom. The number of piperidine rings is 1. The van der Waals surface area contributed by atoms with Crippen molar-refractivity contribution in [3.8, 4) is 0 Å². The van der Waals surface area contributed by atoms with Gasteiger partial charge in [0.05, 0.1) is 12.1 Å². The van der Waals surface area contributed by atoms with Crippen molar-refractivity contribution in [2.75, 3.05) is 20.2 Å². The summed E-state index contributed by atoms with van der Waals surface area (Å²) in [6.45, 7) is 8.82. The molecule has 1 aliphatic heterocycles. The summed E-state index contributed by atoms with van der Waals surface area (Å²) < 4.78 is 5.45. The van der Waals surface area contributed by atoms with E-state index in [1.807, 2.05) is 0 Å². The van der Waals surface area contributed by atoms with E-state index in [0.717, 1.165) is 31.4 Å². The zero-order valence-electron chi connectivity index (χ0n) is 12.6. The lowest BCUT2D eigenvalue weighted by Gasteiger charge is -2.49. The minimum Gasteiger partial charge on any atom is -0.381 e. The summed E-state index contributed by atoms with van der Waals surface area (Å²) >= 11 is 0. The van der Waals surface area contributed by atoms with Crippen LogP contribution in [0.4, 0.5) is 0 Å². The van der Waals surface area contributed by atoms with Crippen LogP contribution in [-0.4, -0.2) is 43.2 Å². The van der Waals surface area contributed by atoms with Crippen LogP contribution in [-0.2, 0) is 4.74 Å². The monoisotopic (exact) mass is 381 g/mol. The molecule has 2 aliphatic rings. The first kappa shape index (κ1) is 17.0. The molecule has 3 atom stereocenters. The van der Waals surface area contributed by atoms with Crippen LogP contribution in [0.2, 0.25) is 0 Å². The average Bonchev–Trinajstić information content (AvgIpc) is 2.33. The number of guanidine groups is 1. The van der Waals surface area contributed by atoms with E-state index < -0.39 is 0 Å². The summed E-state index contributed by atoms with van der Waals surface area (Å²) in [5.41, 5.74) is 6.28. The van der Waals surface area contributed by atoms with Crippen molar-refractivity contribution in [1.29, 1.82) is 0 Å². The van der Waals surface area contributed by atoms with Gasteiger partial charge in [0.1, 0.15) is 0 Å². The van der Waals surface area contributed by atoms with Gasteiger partial charge in [0.25, 0.3) is 0 Å². The maximum Gasteiger partial charge on any atom is 0.191 e. The van der Waals surface area contributed by atoms with Crippen LogP contribution in [0.5, 0.6) is 0 Å². The molecule has 1 aliphatic carbocycles. The van der Waals surface area contributed by atoms with Gasteiger partial charge in [-0.1, -0.05) is 20.8 Å².